The van der Waals surface area contributed by atoms with E-state index in [2.05, 4.69) is 15.9 Å². The zero-order valence-electron chi connectivity index (χ0n) is 11.3. The lowest BCUT2D eigenvalue weighted by Crippen LogP contribution is -2.42. The van der Waals surface area contributed by atoms with E-state index in [1.165, 1.54) is 12.0 Å². The molecule has 0 fully saturated rings. The van der Waals surface area contributed by atoms with Gasteiger partial charge in [-0.1, -0.05) is 28.1 Å². The molecule has 2 aliphatic heterocycles. The molecule has 6 heteroatoms. The maximum Gasteiger partial charge on any atom is 0.411 e. The Bertz CT molecular complexity index is 489. The van der Waals surface area contributed by atoms with Crippen LogP contribution >= 0.6 is 15.9 Å². The van der Waals surface area contributed by atoms with Crippen LogP contribution in [0.1, 0.15) is 20.8 Å². The first-order valence-electron chi connectivity index (χ1n) is 5.94. The highest BCUT2D eigenvalue weighted by Gasteiger charge is 2.48. The molecule has 0 aromatic rings. The molecule has 0 aromatic carbocycles. The fourth-order valence-corrected chi connectivity index (χ4v) is 2.95. The molecule has 19 heavy (non-hydrogen) atoms. The summed E-state index contributed by atoms with van der Waals surface area (Å²) in [5.74, 6) is -0.433. The highest BCUT2D eigenvalue weighted by molar-refractivity contribution is 9.11. The van der Waals surface area contributed by atoms with Gasteiger partial charge in [0.25, 0.3) is 0 Å². The van der Waals surface area contributed by atoms with Crippen LogP contribution in [-0.4, -0.2) is 41.8 Å². The van der Waals surface area contributed by atoms with E-state index in [9.17, 15) is 9.59 Å². The SMILES string of the molecule is COC(=O)C1=C(Br)C2C=CC1N2C(=O)OC(C)(C)C. The lowest BCUT2D eigenvalue weighted by Gasteiger charge is -2.28. The Balaban J connectivity index is 2.22. The number of hydrogen-bond donors (Lipinski definition) is 0. The smallest absolute Gasteiger partial charge is 0.411 e. The number of fused-ring (bicyclic) bond motifs is 2. The van der Waals surface area contributed by atoms with Crippen molar-refractivity contribution in [3.63, 3.8) is 0 Å². The maximum atomic E-state index is 12.2. The van der Waals surface area contributed by atoms with Gasteiger partial charge in [0, 0.05) is 4.48 Å². The molecule has 0 aromatic heterocycles. The van der Waals surface area contributed by atoms with Crippen molar-refractivity contribution in [3.05, 3.63) is 22.2 Å². The number of nitrogens with zero attached hydrogens (tertiary/aromatic N) is 1. The van der Waals surface area contributed by atoms with Crippen LogP contribution < -0.4 is 0 Å². The molecule has 0 spiro atoms. The molecule has 0 N–H and O–H groups in total. The van der Waals surface area contributed by atoms with E-state index in [1.807, 2.05) is 12.2 Å². The Morgan fingerprint density at radius 3 is 2.37 bits per heavy atom. The number of amides is 1. The standard InChI is InChI=1S/C13H16BrNO4/c1-13(2,3)19-12(17)15-7-5-6-8(15)10(14)9(7)11(16)18-4/h5-8H,1-4H3. The van der Waals surface area contributed by atoms with Crippen molar-refractivity contribution in [3.8, 4) is 0 Å². The van der Waals surface area contributed by atoms with E-state index in [4.69, 9.17) is 9.47 Å². The molecule has 0 aliphatic carbocycles. The highest BCUT2D eigenvalue weighted by Crippen LogP contribution is 2.41. The number of carbonyl (C=O) groups is 2. The molecule has 0 saturated carbocycles. The van der Waals surface area contributed by atoms with Gasteiger partial charge >= 0.3 is 12.1 Å². The third-order valence-corrected chi connectivity index (χ3v) is 3.79. The van der Waals surface area contributed by atoms with Gasteiger partial charge in [-0.25, -0.2) is 9.59 Å². The van der Waals surface area contributed by atoms with Gasteiger partial charge in [0.05, 0.1) is 24.8 Å². The zero-order chi connectivity index (χ0) is 14.4. The Hall–Kier alpha value is -1.30. The normalized spacial score (nSPS) is 25.0. The summed E-state index contributed by atoms with van der Waals surface area (Å²) in [4.78, 5) is 25.5. The first-order valence-corrected chi connectivity index (χ1v) is 6.73. The summed E-state index contributed by atoms with van der Waals surface area (Å²) in [6.45, 7) is 5.42. The fourth-order valence-electron chi connectivity index (χ4n) is 2.18. The van der Waals surface area contributed by atoms with Crippen molar-refractivity contribution in [2.75, 3.05) is 7.11 Å². The molecule has 2 rings (SSSR count). The van der Waals surface area contributed by atoms with Crippen LogP contribution in [0.5, 0.6) is 0 Å². The number of ether oxygens (including phenoxy) is 2. The Labute approximate surface area is 120 Å². The first kappa shape index (κ1) is 14.1. The molecule has 5 nitrogen and oxygen atoms in total. The van der Waals surface area contributed by atoms with Crippen LogP contribution in [0.4, 0.5) is 4.79 Å². The lowest BCUT2D eigenvalue weighted by molar-refractivity contribution is -0.136. The van der Waals surface area contributed by atoms with Crippen LogP contribution in [0.2, 0.25) is 0 Å². The number of carbonyl (C=O) groups excluding carboxylic acids is 2. The van der Waals surface area contributed by atoms with Gasteiger partial charge in [0.1, 0.15) is 5.60 Å². The first-order chi connectivity index (χ1) is 8.76. The van der Waals surface area contributed by atoms with Crippen molar-refractivity contribution in [2.45, 2.75) is 38.5 Å². The molecule has 1 amide bonds. The van der Waals surface area contributed by atoms with Crippen LogP contribution in [0, 0.1) is 0 Å². The molecular formula is C13H16BrNO4. The topological polar surface area (TPSA) is 55.8 Å². The minimum atomic E-state index is -0.572. The van der Waals surface area contributed by atoms with Crippen molar-refractivity contribution in [1.29, 1.82) is 0 Å². The minimum absolute atomic E-state index is 0.283. The average molecular weight is 330 g/mol. The maximum absolute atomic E-state index is 12.2. The average Bonchev–Trinajstić information content (AvgIpc) is 2.81. The second kappa shape index (κ2) is 4.67. The van der Waals surface area contributed by atoms with Gasteiger partial charge in [0.15, 0.2) is 0 Å². The predicted octanol–water partition coefficient (Wildman–Crippen LogP) is 2.37. The Morgan fingerprint density at radius 1 is 1.26 bits per heavy atom. The monoisotopic (exact) mass is 329 g/mol. The van der Waals surface area contributed by atoms with E-state index in [0.29, 0.717) is 10.1 Å². The molecule has 2 atom stereocenters. The third kappa shape index (κ3) is 2.41. The van der Waals surface area contributed by atoms with Crippen LogP contribution in [-0.2, 0) is 14.3 Å². The van der Waals surface area contributed by atoms with Crippen molar-refractivity contribution < 1.29 is 19.1 Å². The van der Waals surface area contributed by atoms with Gasteiger partial charge in [0.2, 0.25) is 0 Å². The van der Waals surface area contributed by atoms with Crippen molar-refractivity contribution in [2.24, 2.45) is 0 Å². The Kier molecular flexibility index (Phi) is 3.47. The predicted molar refractivity (Wildman–Crippen MR) is 72.8 cm³/mol. The van der Waals surface area contributed by atoms with Crippen LogP contribution in [0.25, 0.3) is 0 Å². The molecule has 2 heterocycles. The van der Waals surface area contributed by atoms with Crippen LogP contribution in [0.3, 0.4) is 0 Å². The van der Waals surface area contributed by atoms with Gasteiger partial charge in [-0.05, 0) is 20.8 Å². The number of methoxy groups -OCH3 is 1. The largest absolute Gasteiger partial charge is 0.466 e. The van der Waals surface area contributed by atoms with Crippen LogP contribution in [0.15, 0.2) is 22.2 Å². The molecular weight excluding hydrogens is 314 g/mol. The van der Waals surface area contributed by atoms with Crippen molar-refractivity contribution >= 4 is 28.0 Å². The second-order valence-corrected chi connectivity index (χ2v) is 6.27. The minimum Gasteiger partial charge on any atom is -0.466 e. The molecule has 104 valence electrons. The summed E-state index contributed by atoms with van der Waals surface area (Å²) >= 11 is 3.37. The summed E-state index contributed by atoms with van der Waals surface area (Å²) in [6.07, 6.45) is 3.24. The summed E-state index contributed by atoms with van der Waals surface area (Å²) in [5, 5.41) is 0. The fraction of sp³-hybridized carbons (Fsp3) is 0.538. The highest BCUT2D eigenvalue weighted by atomic mass is 79.9. The second-order valence-electron chi connectivity index (χ2n) is 5.42. The van der Waals surface area contributed by atoms with E-state index in [0.717, 1.165) is 0 Å². The number of hydrogen-bond acceptors (Lipinski definition) is 4. The summed E-state index contributed by atoms with van der Waals surface area (Å²) in [5.41, 5.74) is -0.113. The molecule has 0 radical (unpaired) electrons. The molecule has 2 bridgehead atoms. The van der Waals surface area contributed by atoms with E-state index in [-0.39, 0.29) is 6.04 Å². The van der Waals surface area contributed by atoms with E-state index < -0.39 is 23.7 Å². The number of rotatable bonds is 1. The molecule has 0 saturated heterocycles. The van der Waals surface area contributed by atoms with Gasteiger partial charge < -0.3 is 9.47 Å². The summed E-state index contributed by atoms with van der Waals surface area (Å²) < 4.78 is 10.8. The number of halogens is 1. The van der Waals surface area contributed by atoms with E-state index >= 15 is 0 Å². The van der Waals surface area contributed by atoms with Crippen molar-refractivity contribution in [1.82, 2.24) is 4.90 Å². The summed E-state index contributed by atoms with van der Waals surface area (Å²) in [7, 11) is 1.32. The lowest BCUT2D eigenvalue weighted by atomic mass is 10.1. The van der Waals surface area contributed by atoms with Gasteiger partial charge in [-0.3, -0.25) is 4.90 Å². The number of esters is 1. The van der Waals surface area contributed by atoms with E-state index in [1.54, 1.807) is 20.8 Å². The quantitative estimate of drug-likeness (QED) is 0.547. The third-order valence-electron chi connectivity index (χ3n) is 2.90. The van der Waals surface area contributed by atoms with Gasteiger partial charge in [-0.2, -0.15) is 0 Å². The molecule has 2 unspecified atom stereocenters. The zero-order valence-corrected chi connectivity index (χ0v) is 12.9. The molecule has 2 aliphatic rings. The Morgan fingerprint density at radius 2 is 1.84 bits per heavy atom. The van der Waals surface area contributed by atoms with Gasteiger partial charge in [-0.15, -0.1) is 0 Å². The summed E-state index contributed by atoms with van der Waals surface area (Å²) in [6, 6.07) is -0.698.